The molecule has 2 aromatic heterocycles. The van der Waals surface area contributed by atoms with Crippen molar-refractivity contribution in [3.8, 4) is 22.0 Å². The predicted molar refractivity (Wildman–Crippen MR) is 151 cm³/mol. The third-order valence-electron chi connectivity index (χ3n) is 6.69. The van der Waals surface area contributed by atoms with E-state index in [0.717, 1.165) is 40.3 Å². The van der Waals surface area contributed by atoms with Gasteiger partial charge in [-0.05, 0) is 48.9 Å². The molecule has 0 unspecified atom stereocenters. The van der Waals surface area contributed by atoms with Gasteiger partial charge in [-0.2, -0.15) is 0 Å². The minimum absolute atomic E-state index is 0.792. The molecule has 0 saturated carbocycles. The molecule has 3 nitrogen and oxygen atoms in total. The highest BCUT2D eigenvalue weighted by Gasteiger charge is 2.09. The maximum atomic E-state index is 4.89. The number of nitrogens with zero attached hydrogens (tertiary/aromatic N) is 3. The average molecular weight is 486 g/mol. The number of aromatic nitrogens is 3. The Labute approximate surface area is 215 Å². The van der Waals surface area contributed by atoms with Crippen LogP contribution in [0.5, 0.6) is 0 Å². The van der Waals surface area contributed by atoms with Gasteiger partial charge in [0, 0.05) is 23.5 Å². The van der Waals surface area contributed by atoms with Crippen molar-refractivity contribution < 1.29 is 0 Å². The topological polar surface area (TPSA) is 38.7 Å². The van der Waals surface area contributed by atoms with Crippen LogP contribution in [-0.2, 0) is 12.8 Å². The van der Waals surface area contributed by atoms with Crippen LogP contribution < -0.4 is 0 Å². The Balaban J connectivity index is 1.35. The quantitative estimate of drug-likeness (QED) is 0.167. The number of hydrogen-bond donors (Lipinski definition) is 0. The first-order valence-electron chi connectivity index (χ1n) is 13.6. The van der Waals surface area contributed by atoms with Gasteiger partial charge >= 0.3 is 0 Å². The minimum atomic E-state index is 0.792. The first-order valence-corrected chi connectivity index (χ1v) is 14.4. The summed E-state index contributed by atoms with van der Waals surface area (Å²) in [7, 11) is 0. The predicted octanol–water partition coefficient (Wildman–Crippen LogP) is 9.45. The summed E-state index contributed by atoms with van der Waals surface area (Å²) in [6, 6.07) is 15.3. The molecule has 0 radical (unpaired) electrons. The first kappa shape index (κ1) is 25.5. The van der Waals surface area contributed by atoms with Crippen molar-refractivity contribution in [3.63, 3.8) is 0 Å². The number of thiazole rings is 1. The van der Waals surface area contributed by atoms with Crippen LogP contribution in [0.3, 0.4) is 0 Å². The second-order valence-corrected chi connectivity index (χ2v) is 10.7. The maximum absolute atomic E-state index is 4.89. The lowest BCUT2D eigenvalue weighted by atomic mass is 10.1. The number of unbranched alkanes of at least 4 members (excludes halogenated alkanes) is 8. The van der Waals surface area contributed by atoms with Gasteiger partial charge in [0.25, 0.3) is 0 Å². The molecule has 0 bridgehead atoms. The van der Waals surface area contributed by atoms with Gasteiger partial charge in [-0.25, -0.2) is 15.0 Å². The molecule has 2 heterocycles. The van der Waals surface area contributed by atoms with E-state index in [-0.39, 0.29) is 0 Å². The highest BCUT2D eigenvalue weighted by Crippen LogP contribution is 2.32. The summed E-state index contributed by atoms with van der Waals surface area (Å²) in [5.74, 6) is 0.792. The fraction of sp³-hybridized carbons (Fsp3) is 0.452. The summed E-state index contributed by atoms with van der Waals surface area (Å²) in [5.41, 5.74) is 5.96. The van der Waals surface area contributed by atoms with E-state index in [9.17, 15) is 0 Å². The van der Waals surface area contributed by atoms with Crippen LogP contribution in [0, 0.1) is 0 Å². The van der Waals surface area contributed by atoms with Gasteiger partial charge in [0.1, 0.15) is 5.01 Å². The van der Waals surface area contributed by atoms with E-state index >= 15 is 0 Å². The van der Waals surface area contributed by atoms with Gasteiger partial charge in [0.05, 0.1) is 10.2 Å². The fourth-order valence-corrected chi connectivity index (χ4v) is 5.54. The highest BCUT2D eigenvalue weighted by atomic mass is 32.1. The van der Waals surface area contributed by atoms with E-state index in [0.29, 0.717) is 0 Å². The molecule has 0 N–H and O–H groups in total. The molecule has 0 atom stereocenters. The van der Waals surface area contributed by atoms with Gasteiger partial charge in [-0.3, -0.25) is 0 Å². The van der Waals surface area contributed by atoms with E-state index in [4.69, 9.17) is 4.98 Å². The number of rotatable bonds is 14. The SMILES string of the molecule is CCCCCCCCc1cnc(-c2ccc(-c3nc4ccc(CCCCCC)cc4s3)cc2)nc1. The number of fused-ring (bicyclic) bond motifs is 1. The Bertz CT molecular complexity index is 1160. The van der Waals surface area contributed by atoms with Crippen LogP contribution in [0.4, 0.5) is 0 Å². The molecule has 4 heteroatoms. The second-order valence-electron chi connectivity index (χ2n) is 9.64. The van der Waals surface area contributed by atoms with Crippen molar-refractivity contribution >= 4 is 21.6 Å². The molecule has 0 fully saturated rings. The molecule has 0 amide bonds. The minimum Gasteiger partial charge on any atom is -0.236 e. The van der Waals surface area contributed by atoms with E-state index in [2.05, 4.69) is 66.3 Å². The van der Waals surface area contributed by atoms with Gasteiger partial charge in [0.2, 0.25) is 0 Å². The first-order chi connectivity index (χ1) is 17.3. The number of hydrogen-bond acceptors (Lipinski definition) is 4. The van der Waals surface area contributed by atoms with E-state index in [1.807, 2.05) is 12.4 Å². The Morgan fingerprint density at radius 2 is 1.23 bits per heavy atom. The van der Waals surface area contributed by atoms with Gasteiger partial charge in [-0.15, -0.1) is 11.3 Å². The molecule has 4 rings (SSSR count). The van der Waals surface area contributed by atoms with Crippen LogP contribution in [-0.4, -0.2) is 15.0 Å². The number of benzene rings is 2. The highest BCUT2D eigenvalue weighted by molar-refractivity contribution is 7.21. The van der Waals surface area contributed by atoms with Crippen LogP contribution in [0.25, 0.3) is 32.2 Å². The zero-order valence-electron chi connectivity index (χ0n) is 21.4. The smallest absolute Gasteiger partial charge is 0.159 e. The summed E-state index contributed by atoms with van der Waals surface area (Å²) < 4.78 is 1.28. The van der Waals surface area contributed by atoms with Crippen molar-refractivity contribution in [2.24, 2.45) is 0 Å². The van der Waals surface area contributed by atoms with Crippen molar-refractivity contribution in [2.75, 3.05) is 0 Å². The molecule has 0 saturated heterocycles. The summed E-state index contributed by atoms with van der Waals surface area (Å²) in [6.07, 6.45) is 19.3. The summed E-state index contributed by atoms with van der Waals surface area (Å²) in [5, 5.41) is 1.07. The standard InChI is InChI=1S/C31H39N3S/c1-3-5-7-9-10-12-14-25-22-32-30(33-23-25)26-16-18-27(19-17-26)31-34-28-20-15-24(21-29(28)35-31)13-11-8-6-4-2/h15-23H,3-14H2,1-2H3. The lowest BCUT2D eigenvalue weighted by Crippen LogP contribution is -1.93. The third-order valence-corrected chi connectivity index (χ3v) is 7.75. The Morgan fingerprint density at radius 3 is 1.94 bits per heavy atom. The molecule has 0 aliphatic carbocycles. The van der Waals surface area contributed by atoms with Crippen LogP contribution >= 0.6 is 11.3 Å². The Kier molecular flexibility index (Phi) is 9.83. The Hall–Kier alpha value is -2.59. The second kappa shape index (κ2) is 13.5. The third kappa shape index (κ3) is 7.44. The lowest BCUT2D eigenvalue weighted by molar-refractivity contribution is 0.607. The van der Waals surface area contributed by atoms with Crippen molar-refractivity contribution in [1.29, 1.82) is 0 Å². The monoisotopic (exact) mass is 485 g/mol. The maximum Gasteiger partial charge on any atom is 0.159 e. The Morgan fingerprint density at radius 1 is 0.629 bits per heavy atom. The molecule has 184 valence electrons. The molecular weight excluding hydrogens is 446 g/mol. The molecule has 2 aromatic carbocycles. The van der Waals surface area contributed by atoms with E-state index in [1.54, 1.807) is 11.3 Å². The van der Waals surface area contributed by atoms with Crippen molar-refractivity contribution in [1.82, 2.24) is 15.0 Å². The summed E-state index contributed by atoms with van der Waals surface area (Å²) >= 11 is 1.78. The molecule has 0 aliphatic heterocycles. The van der Waals surface area contributed by atoms with Crippen LogP contribution in [0.15, 0.2) is 54.9 Å². The zero-order chi connectivity index (χ0) is 24.3. The molecular formula is C31H39N3S. The summed E-state index contributed by atoms with van der Waals surface area (Å²) in [6.45, 7) is 4.52. The molecule has 0 aliphatic rings. The van der Waals surface area contributed by atoms with Crippen molar-refractivity contribution in [3.05, 3.63) is 66.0 Å². The molecule has 35 heavy (non-hydrogen) atoms. The summed E-state index contributed by atoms with van der Waals surface area (Å²) in [4.78, 5) is 14.2. The van der Waals surface area contributed by atoms with E-state index < -0.39 is 0 Å². The largest absolute Gasteiger partial charge is 0.236 e. The molecule has 4 aromatic rings. The van der Waals surface area contributed by atoms with Crippen LogP contribution in [0.2, 0.25) is 0 Å². The lowest BCUT2D eigenvalue weighted by Gasteiger charge is -2.04. The average Bonchev–Trinajstić information content (AvgIpc) is 3.33. The van der Waals surface area contributed by atoms with E-state index in [1.165, 1.54) is 80.0 Å². The normalized spacial score (nSPS) is 11.4. The number of aryl methyl sites for hydroxylation is 2. The van der Waals surface area contributed by atoms with Crippen LogP contribution in [0.1, 0.15) is 89.2 Å². The van der Waals surface area contributed by atoms with Crippen molar-refractivity contribution in [2.45, 2.75) is 90.9 Å². The van der Waals surface area contributed by atoms with Gasteiger partial charge < -0.3 is 0 Å². The fourth-order valence-electron chi connectivity index (χ4n) is 4.51. The molecule has 0 spiro atoms. The van der Waals surface area contributed by atoms with Gasteiger partial charge in [-0.1, -0.05) is 95.5 Å². The zero-order valence-corrected chi connectivity index (χ0v) is 22.2. The van der Waals surface area contributed by atoms with Gasteiger partial charge in [0.15, 0.2) is 5.82 Å².